The van der Waals surface area contributed by atoms with Crippen LogP contribution in [0.4, 0.5) is 0 Å². The molecule has 1 aliphatic rings. The number of nitrogens with zero attached hydrogens (tertiary/aromatic N) is 2. The first-order valence-electron chi connectivity index (χ1n) is 11.0. The van der Waals surface area contributed by atoms with Crippen LogP contribution in [0.15, 0.2) is 54.6 Å². The Hall–Kier alpha value is -3.25. The SMILES string of the molecule is COc1ccccc1-c1nc2c(n1Cc1ccccc1)C(=O)[C@H](CCCO)C(=O)C(C)C2. The van der Waals surface area contributed by atoms with Crippen molar-refractivity contribution >= 4 is 11.6 Å². The zero-order valence-corrected chi connectivity index (χ0v) is 18.5. The molecular weight excluding hydrogens is 404 g/mol. The second-order valence-electron chi connectivity index (χ2n) is 8.29. The number of aliphatic hydroxyl groups is 1. The van der Waals surface area contributed by atoms with Gasteiger partial charge in [0.2, 0.25) is 0 Å². The number of rotatable bonds is 7. The molecule has 166 valence electrons. The third kappa shape index (κ3) is 4.10. The van der Waals surface area contributed by atoms with Crippen LogP contribution in [0.2, 0.25) is 0 Å². The number of para-hydroxylation sites is 1. The Morgan fingerprint density at radius 3 is 2.53 bits per heavy atom. The number of carbonyl (C=O) groups excluding carboxylic acids is 2. The summed E-state index contributed by atoms with van der Waals surface area (Å²) < 4.78 is 7.51. The number of carbonyl (C=O) groups is 2. The number of benzene rings is 2. The molecule has 6 nitrogen and oxygen atoms in total. The van der Waals surface area contributed by atoms with Crippen molar-refractivity contribution < 1.29 is 19.4 Å². The largest absolute Gasteiger partial charge is 0.496 e. The first-order chi connectivity index (χ1) is 15.5. The van der Waals surface area contributed by atoms with Crippen molar-refractivity contribution in [1.29, 1.82) is 0 Å². The Bertz CT molecular complexity index is 1120. The number of Topliss-reactive ketones (excluding diaryl/α,β-unsaturated/α-hetero) is 2. The summed E-state index contributed by atoms with van der Waals surface area (Å²) in [5.74, 6) is 0.00560. The minimum Gasteiger partial charge on any atom is -0.496 e. The van der Waals surface area contributed by atoms with E-state index in [0.29, 0.717) is 48.8 Å². The molecule has 2 aromatic carbocycles. The van der Waals surface area contributed by atoms with E-state index in [2.05, 4.69) is 0 Å². The summed E-state index contributed by atoms with van der Waals surface area (Å²) in [5.41, 5.74) is 2.99. The van der Waals surface area contributed by atoms with E-state index in [4.69, 9.17) is 9.72 Å². The summed E-state index contributed by atoms with van der Waals surface area (Å²) in [6.07, 6.45) is 1.17. The predicted octanol–water partition coefficient (Wildman–Crippen LogP) is 3.94. The standard InChI is InChI=1S/C26H28N2O4/c1-17-15-21-23(25(31)20(24(17)30)12-8-14-29)28(16-18-9-4-3-5-10-18)26(27-21)19-11-6-7-13-22(19)32-2/h3-7,9-11,13,17,20,29H,8,12,14-16H2,1-2H3/t17?,20-/m1/s1. The molecule has 0 saturated carbocycles. The van der Waals surface area contributed by atoms with Gasteiger partial charge in [-0.1, -0.05) is 49.4 Å². The molecule has 0 fully saturated rings. The Kier molecular flexibility index (Phi) is 6.51. The van der Waals surface area contributed by atoms with Crippen molar-refractivity contribution in [3.8, 4) is 17.1 Å². The Morgan fingerprint density at radius 1 is 1.09 bits per heavy atom. The van der Waals surface area contributed by atoms with Gasteiger partial charge in [0.1, 0.15) is 23.1 Å². The summed E-state index contributed by atoms with van der Waals surface area (Å²) in [6.45, 7) is 2.27. The first-order valence-corrected chi connectivity index (χ1v) is 11.0. The lowest BCUT2D eigenvalue weighted by Crippen LogP contribution is -2.28. The molecule has 0 saturated heterocycles. The number of fused-ring (bicyclic) bond motifs is 1. The third-order valence-electron chi connectivity index (χ3n) is 6.10. The van der Waals surface area contributed by atoms with Gasteiger partial charge >= 0.3 is 0 Å². The monoisotopic (exact) mass is 432 g/mol. The van der Waals surface area contributed by atoms with Gasteiger partial charge < -0.3 is 14.4 Å². The summed E-state index contributed by atoms with van der Waals surface area (Å²) in [5, 5.41) is 9.31. The highest BCUT2D eigenvalue weighted by atomic mass is 16.5. The zero-order chi connectivity index (χ0) is 22.7. The average Bonchev–Trinajstić information content (AvgIpc) is 3.12. The molecule has 1 aliphatic carbocycles. The van der Waals surface area contributed by atoms with Crippen molar-refractivity contribution in [3.63, 3.8) is 0 Å². The molecule has 3 aromatic rings. The van der Waals surface area contributed by atoms with E-state index in [1.807, 2.05) is 66.1 Å². The maximum atomic E-state index is 13.7. The van der Waals surface area contributed by atoms with Gasteiger partial charge in [-0.2, -0.15) is 0 Å². The van der Waals surface area contributed by atoms with E-state index in [0.717, 1.165) is 11.1 Å². The summed E-state index contributed by atoms with van der Waals surface area (Å²) >= 11 is 0. The molecule has 0 amide bonds. The average molecular weight is 433 g/mol. The predicted molar refractivity (Wildman–Crippen MR) is 122 cm³/mol. The van der Waals surface area contributed by atoms with Crippen LogP contribution in [-0.4, -0.2) is 39.9 Å². The molecule has 1 heterocycles. The van der Waals surface area contributed by atoms with Crippen LogP contribution in [0.3, 0.4) is 0 Å². The minimum atomic E-state index is -0.754. The molecule has 4 rings (SSSR count). The van der Waals surface area contributed by atoms with Gasteiger partial charge in [-0.05, 0) is 30.5 Å². The van der Waals surface area contributed by atoms with Gasteiger partial charge in [0, 0.05) is 25.5 Å². The van der Waals surface area contributed by atoms with E-state index in [-0.39, 0.29) is 24.1 Å². The van der Waals surface area contributed by atoms with Crippen molar-refractivity contribution in [1.82, 2.24) is 9.55 Å². The minimum absolute atomic E-state index is 0.0476. The number of hydrogen-bond donors (Lipinski definition) is 1. The molecule has 0 radical (unpaired) electrons. The van der Waals surface area contributed by atoms with Crippen LogP contribution < -0.4 is 4.74 Å². The van der Waals surface area contributed by atoms with Gasteiger partial charge in [0.05, 0.1) is 24.3 Å². The van der Waals surface area contributed by atoms with Crippen LogP contribution in [0.1, 0.15) is 41.5 Å². The van der Waals surface area contributed by atoms with Gasteiger partial charge in [-0.3, -0.25) is 9.59 Å². The van der Waals surface area contributed by atoms with E-state index in [1.165, 1.54) is 0 Å². The second kappa shape index (κ2) is 9.49. The third-order valence-corrected chi connectivity index (χ3v) is 6.10. The van der Waals surface area contributed by atoms with Crippen molar-refractivity contribution in [2.45, 2.75) is 32.7 Å². The van der Waals surface area contributed by atoms with E-state index >= 15 is 0 Å². The molecule has 0 spiro atoms. The molecule has 1 aromatic heterocycles. The molecule has 1 unspecified atom stereocenters. The van der Waals surface area contributed by atoms with Gasteiger partial charge in [0.25, 0.3) is 0 Å². The van der Waals surface area contributed by atoms with Crippen LogP contribution in [-0.2, 0) is 17.8 Å². The highest BCUT2D eigenvalue weighted by Gasteiger charge is 2.39. The fraction of sp³-hybridized carbons (Fsp3) is 0.346. The van der Waals surface area contributed by atoms with Crippen molar-refractivity contribution in [2.24, 2.45) is 11.8 Å². The molecule has 0 bridgehead atoms. The maximum Gasteiger partial charge on any atom is 0.191 e. The fourth-order valence-electron chi connectivity index (χ4n) is 4.47. The van der Waals surface area contributed by atoms with Gasteiger partial charge in [-0.25, -0.2) is 4.98 Å². The quantitative estimate of drug-likeness (QED) is 0.452. The lowest BCUT2D eigenvalue weighted by molar-refractivity contribution is -0.125. The Balaban J connectivity index is 1.91. The molecule has 32 heavy (non-hydrogen) atoms. The molecule has 1 N–H and O–H groups in total. The molecule has 6 heteroatoms. The number of ketones is 2. The Morgan fingerprint density at radius 2 is 1.81 bits per heavy atom. The van der Waals surface area contributed by atoms with Crippen LogP contribution in [0.5, 0.6) is 5.75 Å². The van der Waals surface area contributed by atoms with Crippen molar-refractivity contribution in [2.75, 3.05) is 13.7 Å². The van der Waals surface area contributed by atoms with E-state index in [9.17, 15) is 14.7 Å². The number of ether oxygens (including phenoxy) is 1. The summed E-state index contributed by atoms with van der Waals surface area (Å²) in [7, 11) is 1.62. The zero-order valence-electron chi connectivity index (χ0n) is 18.5. The van der Waals surface area contributed by atoms with Crippen LogP contribution in [0, 0.1) is 11.8 Å². The lowest BCUT2D eigenvalue weighted by Gasteiger charge is -2.17. The lowest BCUT2D eigenvalue weighted by atomic mass is 9.88. The molecule has 0 aliphatic heterocycles. The Labute approximate surface area is 187 Å². The number of aromatic nitrogens is 2. The van der Waals surface area contributed by atoms with Crippen LogP contribution in [0.25, 0.3) is 11.4 Å². The summed E-state index contributed by atoms with van der Waals surface area (Å²) in [6, 6.07) is 17.5. The highest BCUT2D eigenvalue weighted by Crippen LogP contribution is 2.35. The molecular formula is C26H28N2O4. The number of imidazole rings is 1. The second-order valence-corrected chi connectivity index (χ2v) is 8.29. The topological polar surface area (TPSA) is 81.4 Å². The van der Waals surface area contributed by atoms with E-state index < -0.39 is 5.92 Å². The maximum absolute atomic E-state index is 13.7. The first kappa shape index (κ1) is 22.0. The van der Waals surface area contributed by atoms with Gasteiger partial charge in [0.15, 0.2) is 5.78 Å². The van der Waals surface area contributed by atoms with Crippen LogP contribution >= 0.6 is 0 Å². The number of methoxy groups -OCH3 is 1. The van der Waals surface area contributed by atoms with Crippen molar-refractivity contribution in [3.05, 3.63) is 71.5 Å². The molecule has 2 atom stereocenters. The van der Waals surface area contributed by atoms with Gasteiger partial charge in [-0.15, -0.1) is 0 Å². The highest BCUT2D eigenvalue weighted by molar-refractivity contribution is 6.12. The smallest absolute Gasteiger partial charge is 0.191 e. The summed E-state index contributed by atoms with van der Waals surface area (Å²) in [4.78, 5) is 31.6. The normalized spacial score (nSPS) is 18.3. The fourth-order valence-corrected chi connectivity index (χ4v) is 4.47. The number of aliphatic hydroxyl groups excluding tert-OH is 1. The van der Waals surface area contributed by atoms with E-state index in [1.54, 1.807) is 7.11 Å². The number of hydrogen-bond acceptors (Lipinski definition) is 5.